The molecule has 0 saturated carbocycles. The first kappa shape index (κ1) is 15.0. The Morgan fingerprint density at radius 2 is 2.11 bits per heavy atom. The Bertz CT molecular complexity index is 416. The average molecular weight is 315 g/mol. The number of benzene rings is 1. The molecule has 0 aliphatic heterocycles. The summed E-state index contributed by atoms with van der Waals surface area (Å²) in [6.45, 7) is 4.23. The monoisotopic (exact) mass is 314 g/mol. The first-order chi connectivity index (χ1) is 8.43. The van der Waals surface area contributed by atoms with Crippen molar-refractivity contribution in [2.24, 2.45) is 0 Å². The van der Waals surface area contributed by atoms with E-state index in [-0.39, 0.29) is 11.2 Å². The van der Waals surface area contributed by atoms with Gasteiger partial charge in [-0.2, -0.15) is 0 Å². The van der Waals surface area contributed by atoms with E-state index in [1.807, 2.05) is 12.1 Å². The fourth-order valence-corrected chi connectivity index (χ4v) is 2.53. The zero-order valence-corrected chi connectivity index (χ0v) is 12.5. The molecular weight excluding hydrogens is 296 g/mol. The number of halogens is 1. The molecule has 0 aromatic heterocycles. The lowest BCUT2D eigenvalue weighted by Gasteiger charge is -2.14. The van der Waals surface area contributed by atoms with Crippen LogP contribution in [0, 0.1) is 0 Å². The fourth-order valence-electron chi connectivity index (χ4n) is 1.88. The van der Waals surface area contributed by atoms with Gasteiger partial charge in [-0.05, 0) is 29.5 Å². The van der Waals surface area contributed by atoms with Crippen molar-refractivity contribution in [1.29, 1.82) is 0 Å². The van der Waals surface area contributed by atoms with Crippen LogP contribution >= 0.6 is 15.9 Å². The number of ether oxygens (including phenoxy) is 1. The molecule has 1 N–H and O–H groups in total. The van der Waals surface area contributed by atoms with Crippen LogP contribution in [0.25, 0.3) is 0 Å². The molecule has 0 amide bonds. The van der Waals surface area contributed by atoms with Crippen molar-refractivity contribution in [2.45, 2.75) is 37.4 Å². The number of carbonyl (C=O) groups is 1. The van der Waals surface area contributed by atoms with Gasteiger partial charge in [-0.25, -0.2) is 0 Å². The van der Waals surface area contributed by atoms with Gasteiger partial charge in [0.15, 0.2) is 0 Å². The summed E-state index contributed by atoms with van der Waals surface area (Å²) in [5.74, 6) is 0.487. The molecule has 0 aliphatic carbocycles. The number of hydrogen-bond acceptors (Lipinski definition) is 2. The predicted octanol–water partition coefficient (Wildman–Crippen LogP) is 3.60. The normalized spacial score (nSPS) is 12.5. The molecule has 0 saturated heterocycles. The molecule has 4 heteroatoms. The average Bonchev–Trinajstić information content (AvgIpc) is 2.27. The van der Waals surface area contributed by atoms with Crippen molar-refractivity contribution >= 4 is 21.9 Å². The first-order valence-electron chi connectivity index (χ1n) is 5.96. The predicted molar refractivity (Wildman–Crippen MR) is 75.8 cm³/mol. The third kappa shape index (κ3) is 4.33. The molecule has 1 atom stereocenters. The number of methoxy groups -OCH3 is 1. The van der Waals surface area contributed by atoms with Crippen molar-refractivity contribution in [3.05, 3.63) is 29.3 Å². The van der Waals surface area contributed by atoms with Gasteiger partial charge in [0.2, 0.25) is 0 Å². The molecule has 1 aromatic carbocycles. The fraction of sp³-hybridized carbons (Fsp3) is 0.500. The number of alkyl halides is 1. The van der Waals surface area contributed by atoms with Crippen molar-refractivity contribution in [3.63, 3.8) is 0 Å². The molecule has 0 aliphatic rings. The molecule has 0 radical (unpaired) electrons. The topological polar surface area (TPSA) is 46.5 Å². The maximum atomic E-state index is 10.6. The first-order valence-corrected chi connectivity index (χ1v) is 6.88. The second kappa shape index (κ2) is 6.78. The largest absolute Gasteiger partial charge is 0.496 e. The third-order valence-corrected chi connectivity index (χ3v) is 3.42. The minimum atomic E-state index is -0.783. The van der Waals surface area contributed by atoms with Crippen molar-refractivity contribution in [2.75, 3.05) is 7.11 Å². The highest BCUT2D eigenvalue weighted by Crippen LogP contribution is 2.28. The standard InChI is InChI=1S/C14H19BrO3/c1-9(2)12-7-10(4-5-13(12)18-3)6-11(15)8-14(16)17/h4-5,7,9,11H,6,8H2,1-3H3,(H,16,17). The second-order valence-corrected chi connectivity index (χ2v) is 5.93. The molecule has 0 heterocycles. The molecule has 3 nitrogen and oxygen atoms in total. The summed E-state index contributed by atoms with van der Waals surface area (Å²) in [5.41, 5.74) is 2.28. The molecule has 1 unspecified atom stereocenters. The van der Waals surface area contributed by atoms with Crippen LogP contribution in [0.1, 0.15) is 37.3 Å². The molecule has 0 spiro atoms. The summed E-state index contributed by atoms with van der Waals surface area (Å²) in [6.07, 6.45) is 0.832. The van der Waals surface area contributed by atoms with E-state index in [0.717, 1.165) is 16.9 Å². The molecule has 1 rings (SSSR count). The van der Waals surface area contributed by atoms with Gasteiger partial charge in [0, 0.05) is 4.83 Å². The van der Waals surface area contributed by atoms with Crippen LogP contribution in [0.5, 0.6) is 5.75 Å². The lowest BCUT2D eigenvalue weighted by molar-refractivity contribution is -0.136. The molecule has 18 heavy (non-hydrogen) atoms. The minimum Gasteiger partial charge on any atom is -0.496 e. The van der Waals surface area contributed by atoms with Gasteiger partial charge < -0.3 is 9.84 Å². The van der Waals surface area contributed by atoms with Crippen LogP contribution in [0.3, 0.4) is 0 Å². The highest BCUT2D eigenvalue weighted by atomic mass is 79.9. The summed E-state index contributed by atoms with van der Waals surface area (Å²) in [7, 11) is 1.67. The van der Waals surface area contributed by atoms with E-state index < -0.39 is 5.97 Å². The van der Waals surface area contributed by atoms with Gasteiger partial charge in [-0.3, -0.25) is 4.79 Å². The van der Waals surface area contributed by atoms with Crippen LogP contribution in [0.4, 0.5) is 0 Å². The molecule has 100 valence electrons. The van der Waals surface area contributed by atoms with Crippen molar-refractivity contribution in [1.82, 2.24) is 0 Å². The Hall–Kier alpha value is -1.03. The molecule has 0 bridgehead atoms. The summed E-state index contributed by atoms with van der Waals surface area (Å²) in [4.78, 5) is 10.6. The van der Waals surface area contributed by atoms with Gasteiger partial charge in [0.1, 0.15) is 5.75 Å². The van der Waals surface area contributed by atoms with Crippen molar-refractivity contribution < 1.29 is 14.6 Å². The Balaban J connectivity index is 2.84. The SMILES string of the molecule is COc1ccc(CC(Br)CC(=O)O)cc1C(C)C. The van der Waals surface area contributed by atoms with Gasteiger partial charge in [-0.1, -0.05) is 41.9 Å². The Morgan fingerprint density at radius 1 is 1.44 bits per heavy atom. The maximum absolute atomic E-state index is 10.6. The molecule has 1 aromatic rings. The highest BCUT2D eigenvalue weighted by molar-refractivity contribution is 9.09. The van der Waals surface area contributed by atoms with Gasteiger partial charge in [0.25, 0.3) is 0 Å². The van der Waals surface area contributed by atoms with E-state index in [0.29, 0.717) is 12.3 Å². The smallest absolute Gasteiger partial charge is 0.304 e. The Labute approximate surface area is 116 Å². The van der Waals surface area contributed by atoms with E-state index in [9.17, 15) is 4.79 Å². The number of aliphatic carboxylic acids is 1. The number of carboxylic acids is 1. The van der Waals surface area contributed by atoms with Gasteiger partial charge in [-0.15, -0.1) is 0 Å². The van der Waals surface area contributed by atoms with Crippen LogP contribution in [-0.4, -0.2) is 23.0 Å². The molecular formula is C14H19BrO3. The number of carboxylic acid groups (broad SMARTS) is 1. The molecule has 0 fully saturated rings. The van der Waals surface area contributed by atoms with Crippen molar-refractivity contribution in [3.8, 4) is 5.75 Å². The minimum absolute atomic E-state index is 0.0385. The number of rotatable bonds is 6. The van der Waals surface area contributed by atoms with Crippen LogP contribution in [0.15, 0.2) is 18.2 Å². The van der Waals surface area contributed by atoms with Crippen LogP contribution in [0.2, 0.25) is 0 Å². The van der Waals surface area contributed by atoms with E-state index in [1.165, 1.54) is 0 Å². The van der Waals surface area contributed by atoms with Gasteiger partial charge >= 0.3 is 5.97 Å². The van der Waals surface area contributed by atoms with Gasteiger partial charge in [0.05, 0.1) is 13.5 Å². The van der Waals surface area contributed by atoms with Crippen LogP contribution in [-0.2, 0) is 11.2 Å². The quantitative estimate of drug-likeness (QED) is 0.816. The number of hydrogen-bond donors (Lipinski definition) is 1. The van der Waals surface area contributed by atoms with E-state index in [4.69, 9.17) is 9.84 Å². The lowest BCUT2D eigenvalue weighted by Crippen LogP contribution is -2.10. The van der Waals surface area contributed by atoms with E-state index in [1.54, 1.807) is 7.11 Å². The summed E-state index contributed by atoms with van der Waals surface area (Å²) in [5, 5.41) is 8.74. The second-order valence-electron chi connectivity index (χ2n) is 4.63. The summed E-state index contributed by atoms with van der Waals surface area (Å²) >= 11 is 3.40. The third-order valence-electron chi connectivity index (χ3n) is 2.77. The zero-order valence-electron chi connectivity index (χ0n) is 10.9. The summed E-state index contributed by atoms with van der Waals surface area (Å²) in [6, 6.07) is 6.03. The Kier molecular flexibility index (Phi) is 5.66. The van der Waals surface area contributed by atoms with E-state index >= 15 is 0 Å². The Morgan fingerprint density at radius 3 is 2.61 bits per heavy atom. The maximum Gasteiger partial charge on any atom is 0.304 e. The zero-order chi connectivity index (χ0) is 13.7. The summed E-state index contributed by atoms with van der Waals surface area (Å²) < 4.78 is 5.33. The highest BCUT2D eigenvalue weighted by Gasteiger charge is 2.13. The van der Waals surface area contributed by atoms with E-state index in [2.05, 4.69) is 35.8 Å². The lowest BCUT2D eigenvalue weighted by atomic mass is 9.97. The van der Waals surface area contributed by atoms with Crippen LogP contribution < -0.4 is 4.74 Å².